The molecule has 0 aliphatic carbocycles. The Labute approximate surface area is 127 Å². The largest absolute Gasteiger partial charge is 0.417 e. The normalized spacial score (nSPS) is 11.6. The Balaban J connectivity index is 2.46. The summed E-state index contributed by atoms with van der Waals surface area (Å²) in [6.45, 7) is 0. The average Bonchev–Trinajstić information content (AvgIpc) is 2.83. The van der Waals surface area contributed by atoms with Gasteiger partial charge < -0.3 is 4.98 Å². The van der Waals surface area contributed by atoms with Gasteiger partial charge in [-0.15, -0.1) is 0 Å². The second-order valence-corrected chi connectivity index (χ2v) is 4.87. The van der Waals surface area contributed by atoms with Crippen molar-refractivity contribution in [3.8, 4) is 11.8 Å². The van der Waals surface area contributed by atoms with E-state index in [0.717, 1.165) is 4.68 Å². The van der Waals surface area contributed by atoms with Gasteiger partial charge in [-0.2, -0.15) is 23.5 Å². The average molecular weight is 320 g/mol. The summed E-state index contributed by atoms with van der Waals surface area (Å²) in [6, 6.07) is 5.35. The maximum absolute atomic E-state index is 13.2. The van der Waals surface area contributed by atoms with Gasteiger partial charge >= 0.3 is 6.18 Å². The number of nitrogens with zero attached hydrogens (tertiary/aromatic N) is 4. The van der Waals surface area contributed by atoms with Gasteiger partial charge in [-0.3, -0.25) is 4.79 Å². The molecule has 0 spiro atoms. The topological polar surface area (TPSA) is 78.3 Å². The second-order valence-electron chi connectivity index (χ2n) is 4.87. The van der Waals surface area contributed by atoms with Crippen molar-refractivity contribution in [3.63, 3.8) is 0 Å². The van der Waals surface area contributed by atoms with Gasteiger partial charge in [0.15, 0.2) is 18.1 Å². The van der Waals surface area contributed by atoms with Gasteiger partial charge in [-0.1, -0.05) is 0 Å². The first kappa shape index (κ1) is 14.8. The van der Waals surface area contributed by atoms with Gasteiger partial charge in [-0.25, -0.2) is 9.25 Å². The summed E-state index contributed by atoms with van der Waals surface area (Å²) in [7, 11) is 1.73. The molecular weight excluding hydrogens is 311 g/mol. The van der Waals surface area contributed by atoms with Crippen molar-refractivity contribution >= 4 is 11.0 Å². The number of hydrogen-bond donors (Lipinski definition) is 1. The summed E-state index contributed by atoms with van der Waals surface area (Å²) < 4.78 is 42.3. The maximum atomic E-state index is 13.2. The summed E-state index contributed by atoms with van der Waals surface area (Å²) >= 11 is 0. The molecule has 0 atom stereocenters. The van der Waals surface area contributed by atoms with E-state index in [0.29, 0.717) is 11.8 Å². The highest BCUT2D eigenvalue weighted by molar-refractivity contribution is 5.86. The van der Waals surface area contributed by atoms with E-state index in [1.807, 2.05) is 0 Å². The lowest BCUT2D eigenvalue weighted by Gasteiger charge is -2.07. The van der Waals surface area contributed by atoms with Gasteiger partial charge in [0.2, 0.25) is 5.56 Å². The number of aromatic nitrogens is 4. The summed E-state index contributed by atoms with van der Waals surface area (Å²) in [5.74, 6) is 0. The molecule has 0 saturated heterocycles. The summed E-state index contributed by atoms with van der Waals surface area (Å²) in [5, 5.41) is 12.6. The van der Waals surface area contributed by atoms with E-state index in [2.05, 4.69) is 10.1 Å². The van der Waals surface area contributed by atoms with Crippen molar-refractivity contribution in [2.45, 2.75) is 6.18 Å². The molecule has 3 heterocycles. The number of hydrogen-bond acceptors (Lipinski definition) is 3. The zero-order valence-corrected chi connectivity index (χ0v) is 11.7. The minimum Gasteiger partial charge on any atom is -0.306 e. The Morgan fingerprint density at radius 3 is 2.78 bits per heavy atom. The van der Waals surface area contributed by atoms with Crippen LogP contribution in [0.15, 0.2) is 35.4 Å². The monoisotopic (exact) mass is 320 g/mol. The molecule has 0 bridgehead atoms. The third-order valence-electron chi connectivity index (χ3n) is 3.25. The molecule has 0 aromatic carbocycles. The van der Waals surface area contributed by atoms with Gasteiger partial charge in [0.25, 0.3) is 0 Å². The molecule has 23 heavy (non-hydrogen) atoms. The summed E-state index contributed by atoms with van der Waals surface area (Å²) in [4.78, 5) is 13.9. The fourth-order valence-corrected chi connectivity index (χ4v) is 2.33. The van der Waals surface area contributed by atoms with Crippen LogP contribution in [0.1, 0.15) is 11.3 Å². The van der Waals surface area contributed by atoms with Gasteiger partial charge in [0.1, 0.15) is 24.5 Å². The molecule has 0 aliphatic rings. The number of aromatic amines is 1. The van der Waals surface area contributed by atoms with Crippen molar-refractivity contribution in [2.24, 2.45) is 7.05 Å². The molecule has 3 rings (SSSR count). The lowest BCUT2D eigenvalue weighted by molar-refractivity contribution is -0.671. The number of aryl methyl sites for hydroxylation is 1. The Hall–Kier alpha value is -3.15. The quantitative estimate of drug-likeness (QED) is 0.689. The Bertz CT molecular complexity index is 1010. The van der Waals surface area contributed by atoms with Gasteiger partial charge in [-0.05, 0) is 6.07 Å². The van der Waals surface area contributed by atoms with E-state index in [1.165, 1.54) is 0 Å². The number of nitrogens with one attached hydrogen (secondary N) is 1. The molecular formula is C14H9F3N5O+. The fourth-order valence-electron chi connectivity index (χ4n) is 2.33. The zero-order chi connectivity index (χ0) is 16.8. The third kappa shape index (κ3) is 2.44. The number of nitriles is 1. The molecule has 1 N–H and O–H groups in total. The van der Waals surface area contributed by atoms with Crippen LogP contribution in [0.25, 0.3) is 16.7 Å². The predicted octanol–water partition coefficient (Wildman–Crippen LogP) is 1.43. The summed E-state index contributed by atoms with van der Waals surface area (Å²) in [5.41, 5.74) is -2.27. The Morgan fingerprint density at radius 2 is 2.17 bits per heavy atom. The molecule has 0 aliphatic heterocycles. The first-order chi connectivity index (χ1) is 10.8. The molecule has 0 unspecified atom stereocenters. The molecule has 0 fully saturated rings. The fraction of sp³-hybridized carbons (Fsp3) is 0.143. The highest BCUT2D eigenvalue weighted by Crippen LogP contribution is 2.35. The van der Waals surface area contributed by atoms with Crippen LogP contribution in [0.3, 0.4) is 0 Å². The Kier molecular flexibility index (Phi) is 3.18. The third-order valence-corrected chi connectivity index (χ3v) is 3.25. The molecule has 0 radical (unpaired) electrons. The molecule has 0 saturated carbocycles. The molecule has 9 heteroatoms. The van der Waals surface area contributed by atoms with Crippen molar-refractivity contribution < 1.29 is 17.7 Å². The van der Waals surface area contributed by atoms with Gasteiger partial charge in [0, 0.05) is 12.1 Å². The van der Waals surface area contributed by atoms with Crippen molar-refractivity contribution in [1.29, 1.82) is 5.26 Å². The van der Waals surface area contributed by atoms with Crippen LogP contribution in [-0.4, -0.2) is 14.8 Å². The van der Waals surface area contributed by atoms with E-state index in [-0.39, 0.29) is 5.65 Å². The maximum Gasteiger partial charge on any atom is 0.417 e. The SMILES string of the molecule is C[n+]1cccc(-n2nc(C#N)c3c(C(F)(F)F)cc(=O)[nH]c32)c1. The Morgan fingerprint density at radius 1 is 1.43 bits per heavy atom. The first-order valence-corrected chi connectivity index (χ1v) is 6.40. The first-order valence-electron chi connectivity index (χ1n) is 6.40. The minimum atomic E-state index is -4.77. The van der Waals surface area contributed by atoms with Crippen molar-refractivity contribution in [3.05, 3.63) is 52.2 Å². The highest BCUT2D eigenvalue weighted by atomic mass is 19.4. The van der Waals surface area contributed by atoms with E-state index in [1.54, 1.807) is 42.2 Å². The van der Waals surface area contributed by atoms with Crippen LogP contribution >= 0.6 is 0 Å². The highest BCUT2D eigenvalue weighted by Gasteiger charge is 2.36. The van der Waals surface area contributed by atoms with E-state index in [9.17, 15) is 18.0 Å². The zero-order valence-electron chi connectivity index (χ0n) is 11.7. The number of halogens is 3. The molecule has 3 aromatic rings. The van der Waals surface area contributed by atoms with Gasteiger partial charge in [0.05, 0.1) is 10.9 Å². The molecule has 116 valence electrons. The predicted molar refractivity (Wildman–Crippen MR) is 72.6 cm³/mol. The number of H-pyrrole nitrogens is 1. The van der Waals surface area contributed by atoms with Crippen LogP contribution in [0, 0.1) is 11.3 Å². The number of alkyl halides is 3. The number of fused-ring (bicyclic) bond motifs is 1. The second kappa shape index (κ2) is 4.95. The number of rotatable bonds is 1. The van der Waals surface area contributed by atoms with Crippen molar-refractivity contribution in [1.82, 2.24) is 14.8 Å². The molecule has 0 amide bonds. The van der Waals surface area contributed by atoms with Crippen molar-refractivity contribution in [2.75, 3.05) is 0 Å². The summed E-state index contributed by atoms with van der Waals surface area (Å²) in [6.07, 6.45) is -1.44. The standard InChI is InChI=1S/C14H8F3N5O/c1-21-4-2-3-8(7-21)22-13-12(10(6-18)20-22)9(14(15,16)17)5-11(23)19-13/h2-5,7H,1H3/p+1. The number of pyridine rings is 2. The minimum absolute atomic E-state index is 0.174. The lowest BCUT2D eigenvalue weighted by atomic mass is 10.1. The van der Waals surface area contributed by atoms with Crippen LogP contribution in [0.5, 0.6) is 0 Å². The van der Waals surface area contributed by atoms with E-state index in [4.69, 9.17) is 5.26 Å². The van der Waals surface area contributed by atoms with Crippen LogP contribution in [0.2, 0.25) is 0 Å². The lowest BCUT2D eigenvalue weighted by Crippen LogP contribution is -2.27. The van der Waals surface area contributed by atoms with E-state index >= 15 is 0 Å². The van der Waals surface area contributed by atoms with Crippen LogP contribution < -0.4 is 10.1 Å². The van der Waals surface area contributed by atoms with E-state index < -0.39 is 28.4 Å². The van der Waals surface area contributed by atoms with Crippen LogP contribution in [-0.2, 0) is 13.2 Å². The molecule has 6 nitrogen and oxygen atoms in total. The molecule has 3 aromatic heterocycles. The van der Waals surface area contributed by atoms with Crippen LogP contribution in [0.4, 0.5) is 13.2 Å². The smallest absolute Gasteiger partial charge is 0.306 e.